The fourth-order valence-electron chi connectivity index (χ4n) is 4.88. The Morgan fingerprint density at radius 1 is 0.907 bits per heavy atom. The molecule has 0 aliphatic carbocycles. The number of halogens is 4. The topological polar surface area (TPSA) is 91.4 Å². The maximum Gasteiger partial charge on any atom is 0.416 e. The fraction of sp³-hybridized carbons (Fsp3) is 0.226. The number of carbonyl (C=O) groups excluding carboxylic acids is 1. The Balaban J connectivity index is 1.35. The number of pyridine rings is 1. The molecule has 1 amide bonds. The lowest BCUT2D eigenvalue weighted by molar-refractivity contribution is -0.137. The van der Waals surface area contributed by atoms with Crippen LogP contribution in [-0.2, 0) is 34.1 Å². The average molecular weight is 613 g/mol. The monoisotopic (exact) mass is 612 g/mol. The largest absolute Gasteiger partial charge is 0.416 e. The highest BCUT2D eigenvalue weighted by Gasteiger charge is 2.39. The first kappa shape index (κ1) is 30.2. The Kier molecular flexibility index (Phi) is 8.79. The molecule has 1 aliphatic heterocycles. The molecule has 1 atom stereocenters. The predicted octanol–water partition coefficient (Wildman–Crippen LogP) is 5.99. The minimum atomic E-state index is -4.47. The molecule has 1 unspecified atom stereocenters. The van der Waals surface area contributed by atoms with Crippen LogP contribution in [0.3, 0.4) is 0 Å². The fourth-order valence-corrected chi connectivity index (χ4v) is 6.54. The molecule has 7 nitrogen and oxygen atoms in total. The van der Waals surface area contributed by atoms with E-state index < -0.39 is 39.5 Å². The molecule has 2 N–H and O–H groups in total. The summed E-state index contributed by atoms with van der Waals surface area (Å²) < 4.78 is 80.2. The Labute approximate surface area is 246 Å². The third kappa shape index (κ3) is 7.20. The van der Waals surface area contributed by atoms with Crippen molar-refractivity contribution in [2.75, 3.05) is 11.9 Å². The van der Waals surface area contributed by atoms with E-state index in [1.165, 1.54) is 24.3 Å². The number of anilines is 1. The van der Waals surface area contributed by atoms with Crippen molar-refractivity contribution in [3.8, 4) is 11.3 Å². The van der Waals surface area contributed by atoms with E-state index in [1.807, 2.05) is 30.3 Å². The molecule has 0 saturated carbocycles. The lowest BCUT2D eigenvalue weighted by Gasteiger charge is -2.23. The summed E-state index contributed by atoms with van der Waals surface area (Å²) in [6.07, 6.45) is -3.67. The van der Waals surface area contributed by atoms with E-state index in [4.69, 9.17) is 0 Å². The number of alkyl halides is 3. The van der Waals surface area contributed by atoms with E-state index in [1.54, 1.807) is 12.1 Å². The molecule has 224 valence electrons. The highest BCUT2D eigenvalue weighted by molar-refractivity contribution is 7.89. The van der Waals surface area contributed by atoms with Crippen molar-refractivity contribution in [2.45, 2.75) is 43.0 Å². The third-order valence-electron chi connectivity index (χ3n) is 7.10. The van der Waals surface area contributed by atoms with Gasteiger partial charge in [0, 0.05) is 25.2 Å². The van der Waals surface area contributed by atoms with E-state index in [2.05, 4.69) is 15.6 Å². The summed E-state index contributed by atoms with van der Waals surface area (Å²) in [4.78, 5) is 17.7. The number of amides is 1. The van der Waals surface area contributed by atoms with Crippen LogP contribution in [0.1, 0.15) is 29.5 Å². The standard InChI is InChI=1S/C31H28F4N4O3S/c32-25-12-14-26(15-13-25)43(41,42)39-16-4-7-28(39)30(40)37-20-22-17-27(23-8-10-24(11-9-23)31(33,34)35)38-29(18-22)36-19-21-5-2-1-3-6-21/h1-3,5-6,8-15,17-18,28H,4,7,16,19-20H2,(H,36,38)(H,37,40). The molecular formula is C31H28F4N4O3S. The van der Waals surface area contributed by atoms with Gasteiger partial charge in [-0.05, 0) is 72.5 Å². The number of benzene rings is 3. The molecule has 0 radical (unpaired) electrons. The second-order valence-corrected chi connectivity index (χ2v) is 12.0. The summed E-state index contributed by atoms with van der Waals surface area (Å²) in [5.41, 5.74) is 1.68. The van der Waals surface area contributed by atoms with Gasteiger partial charge in [0.05, 0.1) is 16.2 Å². The summed E-state index contributed by atoms with van der Waals surface area (Å²) >= 11 is 0. The Hall–Kier alpha value is -4.29. The molecule has 0 bridgehead atoms. The number of nitrogens with one attached hydrogen (secondary N) is 2. The van der Waals surface area contributed by atoms with Gasteiger partial charge < -0.3 is 10.6 Å². The zero-order valence-corrected chi connectivity index (χ0v) is 23.6. The van der Waals surface area contributed by atoms with Crippen LogP contribution >= 0.6 is 0 Å². The first-order chi connectivity index (χ1) is 20.5. The number of nitrogens with zero attached hydrogens (tertiary/aromatic N) is 2. The number of hydrogen-bond acceptors (Lipinski definition) is 5. The molecule has 5 rings (SSSR count). The molecule has 1 aliphatic rings. The van der Waals surface area contributed by atoms with Crippen LogP contribution in [0.15, 0.2) is 95.9 Å². The first-order valence-electron chi connectivity index (χ1n) is 13.5. The summed E-state index contributed by atoms with van der Waals surface area (Å²) in [7, 11) is -4.02. The summed E-state index contributed by atoms with van der Waals surface area (Å²) in [6.45, 7) is 0.614. The Morgan fingerprint density at radius 3 is 2.28 bits per heavy atom. The molecule has 4 aromatic rings. The van der Waals surface area contributed by atoms with Crippen molar-refractivity contribution < 1.29 is 30.8 Å². The highest BCUT2D eigenvalue weighted by Crippen LogP contribution is 2.31. The molecule has 1 aromatic heterocycles. The molecule has 0 spiro atoms. The summed E-state index contributed by atoms with van der Waals surface area (Å²) in [5, 5.41) is 6.02. The van der Waals surface area contributed by atoms with Crippen LogP contribution in [0.25, 0.3) is 11.3 Å². The first-order valence-corrected chi connectivity index (χ1v) is 15.0. The van der Waals surface area contributed by atoms with Gasteiger partial charge in [-0.2, -0.15) is 17.5 Å². The lowest BCUT2D eigenvalue weighted by Crippen LogP contribution is -2.45. The van der Waals surface area contributed by atoms with Crippen molar-refractivity contribution in [2.24, 2.45) is 0 Å². The van der Waals surface area contributed by atoms with Gasteiger partial charge in [-0.1, -0.05) is 42.5 Å². The zero-order valence-electron chi connectivity index (χ0n) is 22.8. The number of hydrogen-bond donors (Lipinski definition) is 2. The highest BCUT2D eigenvalue weighted by atomic mass is 32.2. The van der Waals surface area contributed by atoms with Crippen LogP contribution in [0, 0.1) is 5.82 Å². The molecule has 1 fully saturated rings. The minimum Gasteiger partial charge on any atom is -0.366 e. The summed E-state index contributed by atoms with van der Waals surface area (Å²) in [6, 6.07) is 21.1. The number of carbonyl (C=O) groups is 1. The van der Waals surface area contributed by atoms with Gasteiger partial charge in [0.1, 0.15) is 17.7 Å². The molecule has 12 heteroatoms. The van der Waals surface area contributed by atoms with Crippen molar-refractivity contribution in [1.29, 1.82) is 0 Å². The Morgan fingerprint density at radius 2 is 1.60 bits per heavy atom. The van der Waals surface area contributed by atoms with Crippen molar-refractivity contribution in [1.82, 2.24) is 14.6 Å². The van der Waals surface area contributed by atoms with E-state index in [0.29, 0.717) is 42.0 Å². The Bertz CT molecular complexity index is 1680. The quantitative estimate of drug-likeness (QED) is 0.227. The molecule has 3 aromatic carbocycles. The smallest absolute Gasteiger partial charge is 0.366 e. The van der Waals surface area contributed by atoms with E-state index >= 15 is 0 Å². The molecule has 43 heavy (non-hydrogen) atoms. The van der Waals surface area contributed by atoms with Crippen molar-refractivity contribution >= 4 is 21.7 Å². The van der Waals surface area contributed by atoms with E-state index in [9.17, 15) is 30.8 Å². The van der Waals surface area contributed by atoms with Gasteiger partial charge in [0.2, 0.25) is 15.9 Å². The minimum absolute atomic E-state index is 0.0238. The zero-order chi connectivity index (χ0) is 30.6. The van der Waals surface area contributed by atoms with Gasteiger partial charge in [0.25, 0.3) is 0 Å². The van der Waals surface area contributed by atoms with Crippen LogP contribution in [-0.4, -0.2) is 36.2 Å². The van der Waals surface area contributed by atoms with E-state index in [-0.39, 0.29) is 18.0 Å². The predicted molar refractivity (Wildman–Crippen MR) is 154 cm³/mol. The number of aromatic nitrogens is 1. The SMILES string of the molecule is O=C(NCc1cc(NCc2ccccc2)nc(-c2ccc(C(F)(F)F)cc2)c1)C1CCCN1S(=O)(=O)c1ccc(F)cc1. The van der Waals surface area contributed by atoms with E-state index in [0.717, 1.165) is 34.1 Å². The van der Waals surface area contributed by atoms with Crippen LogP contribution < -0.4 is 10.6 Å². The molecule has 1 saturated heterocycles. The van der Waals surface area contributed by atoms with Gasteiger partial charge in [-0.15, -0.1) is 0 Å². The van der Waals surface area contributed by atoms with Gasteiger partial charge in [-0.25, -0.2) is 17.8 Å². The maximum atomic E-state index is 13.4. The van der Waals surface area contributed by atoms with Crippen LogP contribution in [0.4, 0.5) is 23.4 Å². The normalized spacial score (nSPS) is 15.8. The van der Waals surface area contributed by atoms with Crippen molar-refractivity contribution in [3.05, 3.63) is 114 Å². The van der Waals surface area contributed by atoms with Crippen molar-refractivity contribution in [3.63, 3.8) is 0 Å². The lowest BCUT2D eigenvalue weighted by atomic mass is 10.1. The van der Waals surface area contributed by atoms with Crippen LogP contribution in [0.5, 0.6) is 0 Å². The average Bonchev–Trinajstić information content (AvgIpc) is 3.51. The van der Waals surface area contributed by atoms with Gasteiger partial charge >= 0.3 is 6.18 Å². The molecule has 2 heterocycles. The number of rotatable bonds is 9. The molecular weight excluding hydrogens is 584 g/mol. The maximum absolute atomic E-state index is 13.4. The second kappa shape index (κ2) is 12.5. The summed E-state index contributed by atoms with van der Waals surface area (Å²) in [5.74, 6) is -0.609. The van der Waals surface area contributed by atoms with Crippen LogP contribution in [0.2, 0.25) is 0 Å². The second-order valence-electron chi connectivity index (χ2n) is 10.1. The van der Waals surface area contributed by atoms with Gasteiger partial charge in [-0.3, -0.25) is 4.79 Å². The number of sulfonamides is 1. The third-order valence-corrected chi connectivity index (χ3v) is 9.03. The van der Waals surface area contributed by atoms with Gasteiger partial charge in [0.15, 0.2) is 0 Å².